The van der Waals surface area contributed by atoms with Crippen molar-refractivity contribution in [3.05, 3.63) is 28.8 Å². The lowest BCUT2D eigenvalue weighted by atomic mass is 10.2. The molecule has 0 saturated heterocycles. The van der Waals surface area contributed by atoms with E-state index in [4.69, 9.17) is 21.6 Å². The monoisotopic (exact) mass is 252 g/mol. The molecule has 90 valence electrons. The number of rotatable bonds is 5. The maximum atomic E-state index is 11.3. The lowest BCUT2D eigenvalue weighted by Crippen LogP contribution is -2.29. The molecule has 1 rings (SSSR count). The number of nitriles is 1. The van der Waals surface area contributed by atoms with Gasteiger partial charge in [0.1, 0.15) is 17.4 Å². The van der Waals surface area contributed by atoms with Crippen LogP contribution in [0, 0.1) is 11.3 Å². The molecule has 0 aliphatic carbocycles. The van der Waals surface area contributed by atoms with Crippen LogP contribution in [0.3, 0.4) is 0 Å². The number of carbonyl (C=O) groups excluding carboxylic acids is 1. The maximum Gasteiger partial charge on any atom is 0.257 e. The lowest BCUT2D eigenvalue weighted by Gasteiger charge is -2.08. The number of benzene rings is 1. The van der Waals surface area contributed by atoms with Gasteiger partial charge in [-0.25, -0.2) is 0 Å². The van der Waals surface area contributed by atoms with Crippen molar-refractivity contribution in [2.45, 2.75) is 13.3 Å². The Morgan fingerprint density at radius 2 is 2.35 bits per heavy atom. The van der Waals surface area contributed by atoms with E-state index in [1.54, 1.807) is 18.2 Å². The zero-order valence-corrected chi connectivity index (χ0v) is 10.3. The van der Waals surface area contributed by atoms with Crippen molar-refractivity contribution in [1.29, 1.82) is 5.26 Å². The Bertz CT molecular complexity index is 441. The second kappa shape index (κ2) is 6.77. The standard InChI is InChI=1S/C12H13ClN2O2/c1-2-6-15-12(16)8-17-11-5-3-4-10(13)9(11)7-14/h3-5H,2,6,8H2,1H3,(H,15,16). The number of ether oxygens (including phenoxy) is 1. The predicted octanol–water partition coefficient (Wildman–Crippen LogP) is 2.12. The highest BCUT2D eigenvalue weighted by molar-refractivity contribution is 6.31. The SMILES string of the molecule is CCCNC(=O)COc1cccc(Cl)c1C#N. The molecule has 1 aromatic rings. The van der Waals surface area contributed by atoms with Gasteiger partial charge in [-0.2, -0.15) is 5.26 Å². The third-order valence-electron chi connectivity index (χ3n) is 2.02. The fourth-order valence-electron chi connectivity index (χ4n) is 1.19. The van der Waals surface area contributed by atoms with Gasteiger partial charge in [0.15, 0.2) is 6.61 Å². The number of nitrogens with zero attached hydrogens (tertiary/aromatic N) is 1. The zero-order valence-electron chi connectivity index (χ0n) is 9.50. The molecule has 0 spiro atoms. The van der Waals surface area contributed by atoms with E-state index in [1.165, 1.54) is 0 Å². The van der Waals surface area contributed by atoms with Crippen LogP contribution < -0.4 is 10.1 Å². The van der Waals surface area contributed by atoms with Gasteiger partial charge >= 0.3 is 0 Å². The molecule has 0 radical (unpaired) electrons. The van der Waals surface area contributed by atoms with Crippen LogP contribution in [0.1, 0.15) is 18.9 Å². The number of amides is 1. The Labute approximate surface area is 105 Å². The zero-order chi connectivity index (χ0) is 12.7. The van der Waals surface area contributed by atoms with E-state index in [2.05, 4.69) is 5.32 Å². The van der Waals surface area contributed by atoms with Crippen LogP contribution >= 0.6 is 11.6 Å². The van der Waals surface area contributed by atoms with Crippen molar-refractivity contribution in [3.63, 3.8) is 0 Å². The molecule has 5 heteroatoms. The van der Waals surface area contributed by atoms with Crippen molar-refractivity contribution in [2.75, 3.05) is 13.2 Å². The number of nitrogens with one attached hydrogen (secondary N) is 1. The fraction of sp³-hybridized carbons (Fsp3) is 0.333. The minimum Gasteiger partial charge on any atom is -0.482 e. The van der Waals surface area contributed by atoms with Crippen molar-refractivity contribution >= 4 is 17.5 Å². The van der Waals surface area contributed by atoms with Crippen LogP contribution in [0.15, 0.2) is 18.2 Å². The molecule has 0 saturated carbocycles. The molecule has 1 aromatic carbocycles. The molecule has 1 N–H and O–H groups in total. The second-order valence-electron chi connectivity index (χ2n) is 3.36. The van der Waals surface area contributed by atoms with Gasteiger partial charge in [0.2, 0.25) is 0 Å². The first-order chi connectivity index (χ1) is 8.19. The van der Waals surface area contributed by atoms with Gasteiger partial charge in [0, 0.05) is 6.54 Å². The highest BCUT2D eigenvalue weighted by Gasteiger charge is 2.09. The summed E-state index contributed by atoms with van der Waals surface area (Å²) in [7, 11) is 0. The highest BCUT2D eigenvalue weighted by atomic mass is 35.5. The summed E-state index contributed by atoms with van der Waals surface area (Å²) in [6.45, 7) is 2.46. The quantitative estimate of drug-likeness (QED) is 0.873. The third-order valence-corrected chi connectivity index (χ3v) is 2.33. The van der Waals surface area contributed by atoms with Gasteiger partial charge in [-0.05, 0) is 18.6 Å². The average Bonchev–Trinajstić information content (AvgIpc) is 2.33. The largest absolute Gasteiger partial charge is 0.482 e. The van der Waals surface area contributed by atoms with Gasteiger partial charge in [0.05, 0.1) is 5.02 Å². The summed E-state index contributed by atoms with van der Waals surface area (Å²) in [5.74, 6) is 0.113. The van der Waals surface area contributed by atoms with Gasteiger partial charge in [0.25, 0.3) is 5.91 Å². The first-order valence-electron chi connectivity index (χ1n) is 5.27. The summed E-state index contributed by atoms with van der Waals surface area (Å²) in [6.07, 6.45) is 0.867. The number of hydrogen-bond donors (Lipinski definition) is 1. The first-order valence-corrected chi connectivity index (χ1v) is 5.65. The molecule has 0 bridgehead atoms. The summed E-state index contributed by atoms with van der Waals surface area (Å²) < 4.78 is 5.25. The number of halogens is 1. The Hall–Kier alpha value is -1.73. The van der Waals surface area contributed by atoms with Gasteiger partial charge in [-0.3, -0.25) is 4.79 Å². The summed E-state index contributed by atoms with van der Waals surface area (Å²) in [6, 6.07) is 6.82. The fourth-order valence-corrected chi connectivity index (χ4v) is 1.40. The topological polar surface area (TPSA) is 62.1 Å². The Morgan fingerprint density at radius 3 is 3.00 bits per heavy atom. The van der Waals surface area contributed by atoms with E-state index >= 15 is 0 Å². The van der Waals surface area contributed by atoms with Gasteiger partial charge in [-0.1, -0.05) is 24.6 Å². The minimum atomic E-state index is -0.212. The van der Waals surface area contributed by atoms with Crippen molar-refractivity contribution < 1.29 is 9.53 Å². The maximum absolute atomic E-state index is 11.3. The van der Waals surface area contributed by atoms with E-state index in [9.17, 15) is 4.79 Å². The average molecular weight is 253 g/mol. The van der Waals surface area contributed by atoms with Crippen LogP contribution in [0.5, 0.6) is 5.75 Å². The van der Waals surface area contributed by atoms with E-state index in [-0.39, 0.29) is 18.1 Å². The molecule has 1 amide bonds. The molecule has 0 atom stereocenters. The predicted molar refractivity (Wildman–Crippen MR) is 65.0 cm³/mol. The molecule has 0 aliphatic rings. The van der Waals surface area contributed by atoms with Crippen LogP contribution in [0.4, 0.5) is 0 Å². The Kier molecular flexibility index (Phi) is 5.31. The normalized spacial score (nSPS) is 9.47. The van der Waals surface area contributed by atoms with Crippen LogP contribution in [0.25, 0.3) is 0 Å². The van der Waals surface area contributed by atoms with Crippen molar-refractivity contribution in [1.82, 2.24) is 5.32 Å². The van der Waals surface area contributed by atoms with E-state index in [0.29, 0.717) is 17.3 Å². The molecular weight excluding hydrogens is 240 g/mol. The molecule has 0 fully saturated rings. The van der Waals surface area contributed by atoms with Gasteiger partial charge in [-0.15, -0.1) is 0 Å². The second-order valence-corrected chi connectivity index (χ2v) is 3.77. The first kappa shape index (κ1) is 13.3. The van der Waals surface area contributed by atoms with Crippen molar-refractivity contribution in [2.24, 2.45) is 0 Å². The number of carbonyl (C=O) groups is 1. The summed E-state index contributed by atoms with van der Waals surface area (Å²) in [4.78, 5) is 11.3. The molecule has 0 unspecified atom stereocenters. The molecule has 17 heavy (non-hydrogen) atoms. The molecule has 0 heterocycles. The molecule has 4 nitrogen and oxygen atoms in total. The van der Waals surface area contributed by atoms with E-state index in [0.717, 1.165) is 6.42 Å². The van der Waals surface area contributed by atoms with Gasteiger partial charge < -0.3 is 10.1 Å². The summed E-state index contributed by atoms with van der Waals surface area (Å²) in [5.41, 5.74) is 0.248. The molecule has 0 aliphatic heterocycles. The van der Waals surface area contributed by atoms with Crippen molar-refractivity contribution in [3.8, 4) is 11.8 Å². The van der Waals surface area contributed by atoms with Crippen LogP contribution in [-0.4, -0.2) is 19.1 Å². The smallest absolute Gasteiger partial charge is 0.257 e. The highest BCUT2D eigenvalue weighted by Crippen LogP contribution is 2.25. The Balaban J connectivity index is 2.61. The Morgan fingerprint density at radius 1 is 1.59 bits per heavy atom. The summed E-state index contributed by atoms with van der Waals surface area (Å²) >= 11 is 5.83. The van der Waals surface area contributed by atoms with E-state index in [1.807, 2.05) is 13.0 Å². The number of hydrogen-bond acceptors (Lipinski definition) is 3. The summed E-state index contributed by atoms with van der Waals surface area (Å²) in [5, 5.41) is 11.9. The lowest BCUT2D eigenvalue weighted by molar-refractivity contribution is -0.123. The molecular formula is C12H13ClN2O2. The van der Waals surface area contributed by atoms with Crippen LogP contribution in [-0.2, 0) is 4.79 Å². The third kappa shape index (κ3) is 3.97. The van der Waals surface area contributed by atoms with E-state index < -0.39 is 0 Å². The minimum absolute atomic E-state index is 0.116. The molecule has 0 aromatic heterocycles. The van der Waals surface area contributed by atoms with Crippen LogP contribution in [0.2, 0.25) is 5.02 Å².